The number of carboxylic acids is 1. The number of carboxylic acid groups (broad SMARTS) is 1. The van der Waals surface area contributed by atoms with E-state index in [0.29, 0.717) is 12.2 Å². The second-order valence-electron chi connectivity index (χ2n) is 5.01. The lowest BCUT2D eigenvalue weighted by Crippen LogP contribution is -2.41. The van der Waals surface area contributed by atoms with Gasteiger partial charge < -0.3 is 15.1 Å². The van der Waals surface area contributed by atoms with Crippen LogP contribution in [0.4, 0.5) is 5.82 Å². The first-order valence-electron chi connectivity index (χ1n) is 6.59. The SMILES string of the molecule is CC(O)CC1CCCCN1c1ccc(C(=O)O)nn1. The normalized spacial score (nSPS) is 21.2. The number of aliphatic hydroxyl groups is 1. The summed E-state index contributed by atoms with van der Waals surface area (Å²) < 4.78 is 0. The summed E-state index contributed by atoms with van der Waals surface area (Å²) in [6.45, 7) is 2.66. The Balaban J connectivity index is 2.15. The fraction of sp³-hybridized carbons (Fsp3) is 0.615. The number of aromatic carboxylic acids is 1. The molecule has 1 aliphatic rings. The van der Waals surface area contributed by atoms with Crippen LogP contribution in [0.5, 0.6) is 0 Å². The van der Waals surface area contributed by atoms with Crippen LogP contribution in [0.25, 0.3) is 0 Å². The molecule has 19 heavy (non-hydrogen) atoms. The zero-order valence-electron chi connectivity index (χ0n) is 11.0. The largest absolute Gasteiger partial charge is 0.476 e. The first kappa shape index (κ1) is 13.7. The molecule has 1 fully saturated rings. The number of aliphatic hydroxyl groups excluding tert-OH is 1. The topological polar surface area (TPSA) is 86.5 Å². The number of aromatic nitrogens is 2. The minimum absolute atomic E-state index is 0.0483. The van der Waals surface area contributed by atoms with Gasteiger partial charge in [-0.15, -0.1) is 10.2 Å². The predicted octanol–water partition coefficient (Wildman–Crippen LogP) is 1.30. The van der Waals surface area contributed by atoms with Crippen LogP contribution in [0.2, 0.25) is 0 Å². The van der Waals surface area contributed by atoms with Crippen molar-refractivity contribution >= 4 is 11.8 Å². The number of carbonyl (C=O) groups is 1. The number of anilines is 1. The molecule has 0 amide bonds. The molecule has 0 bridgehead atoms. The molecule has 2 N–H and O–H groups in total. The van der Waals surface area contributed by atoms with Crippen molar-refractivity contribution in [1.29, 1.82) is 0 Å². The Morgan fingerprint density at radius 1 is 1.47 bits per heavy atom. The van der Waals surface area contributed by atoms with E-state index in [2.05, 4.69) is 15.1 Å². The van der Waals surface area contributed by atoms with Crippen LogP contribution >= 0.6 is 0 Å². The third-order valence-corrected chi connectivity index (χ3v) is 3.40. The molecular weight excluding hydrogens is 246 g/mol. The summed E-state index contributed by atoms with van der Waals surface area (Å²) in [5, 5.41) is 26.1. The lowest BCUT2D eigenvalue weighted by molar-refractivity contribution is 0.0689. The van der Waals surface area contributed by atoms with Gasteiger partial charge in [0.15, 0.2) is 11.5 Å². The summed E-state index contributed by atoms with van der Waals surface area (Å²) >= 11 is 0. The van der Waals surface area contributed by atoms with Gasteiger partial charge in [-0.05, 0) is 44.7 Å². The molecule has 2 unspecified atom stereocenters. The molecule has 0 spiro atoms. The summed E-state index contributed by atoms with van der Waals surface area (Å²) in [4.78, 5) is 12.9. The van der Waals surface area contributed by atoms with Crippen molar-refractivity contribution in [2.24, 2.45) is 0 Å². The molecule has 0 aliphatic carbocycles. The second-order valence-corrected chi connectivity index (χ2v) is 5.01. The molecule has 0 aromatic carbocycles. The summed E-state index contributed by atoms with van der Waals surface area (Å²) in [5.41, 5.74) is -0.0483. The Morgan fingerprint density at radius 2 is 2.26 bits per heavy atom. The maximum Gasteiger partial charge on any atom is 0.356 e. The average Bonchev–Trinajstić information content (AvgIpc) is 2.39. The van der Waals surface area contributed by atoms with E-state index < -0.39 is 5.97 Å². The average molecular weight is 265 g/mol. The highest BCUT2D eigenvalue weighted by Crippen LogP contribution is 2.25. The Bertz CT molecular complexity index is 433. The molecule has 1 aromatic rings. The number of nitrogens with zero attached hydrogens (tertiary/aromatic N) is 3. The van der Waals surface area contributed by atoms with Crippen LogP contribution in [0.15, 0.2) is 12.1 Å². The van der Waals surface area contributed by atoms with Crippen molar-refractivity contribution in [3.8, 4) is 0 Å². The third-order valence-electron chi connectivity index (χ3n) is 3.40. The second kappa shape index (κ2) is 5.97. The van der Waals surface area contributed by atoms with Gasteiger partial charge in [-0.25, -0.2) is 4.79 Å². The van der Waals surface area contributed by atoms with Gasteiger partial charge in [0.2, 0.25) is 0 Å². The molecule has 1 aliphatic heterocycles. The molecule has 0 radical (unpaired) electrons. The number of piperidine rings is 1. The van der Waals surface area contributed by atoms with E-state index in [1.807, 2.05) is 0 Å². The molecule has 2 heterocycles. The highest BCUT2D eigenvalue weighted by Gasteiger charge is 2.25. The lowest BCUT2D eigenvalue weighted by Gasteiger charge is -2.37. The maximum absolute atomic E-state index is 10.7. The fourth-order valence-corrected chi connectivity index (χ4v) is 2.53. The van der Waals surface area contributed by atoms with Gasteiger partial charge in [-0.1, -0.05) is 0 Å². The van der Waals surface area contributed by atoms with Crippen LogP contribution < -0.4 is 4.90 Å². The first-order valence-corrected chi connectivity index (χ1v) is 6.59. The Morgan fingerprint density at radius 3 is 2.84 bits per heavy atom. The van der Waals surface area contributed by atoms with E-state index in [4.69, 9.17) is 5.11 Å². The van der Waals surface area contributed by atoms with Crippen molar-refractivity contribution in [3.63, 3.8) is 0 Å². The van der Waals surface area contributed by atoms with E-state index in [9.17, 15) is 9.90 Å². The van der Waals surface area contributed by atoms with Crippen LogP contribution in [0.1, 0.15) is 43.1 Å². The highest BCUT2D eigenvalue weighted by molar-refractivity contribution is 5.85. The zero-order chi connectivity index (χ0) is 13.8. The van der Waals surface area contributed by atoms with Gasteiger partial charge >= 0.3 is 5.97 Å². The molecule has 2 rings (SSSR count). The van der Waals surface area contributed by atoms with Crippen LogP contribution in [0.3, 0.4) is 0 Å². The monoisotopic (exact) mass is 265 g/mol. The quantitative estimate of drug-likeness (QED) is 0.853. The first-order chi connectivity index (χ1) is 9.08. The molecule has 104 valence electrons. The minimum Gasteiger partial charge on any atom is -0.476 e. The highest BCUT2D eigenvalue weighted by atomic mass is 16.4. The minimum atomic E-state index is -1.07. The van der Waals surface area contributed by atoms with Gasteiger partial charge in [0.25, 0.3) is 0 Å². The van der Waals surface area contributed by atoms with Crippen molar-refractivity contribution in [2.75, 3.05) is 11.4 Å². The fourth-order valence-electron chi connectivity index (χ4n) is 2.53. The van der Waals surface area contributed by atoms with Crippen molar-refractivity contribution in [3.05, 3.63) is 17.8 Å². The van der Waals surface area contributed by atoms with Crippen molar-refractivity contribution < 1.29 is 15.0 Å². The molecule has 6 nitrogen and oxygen atoms in total. The van der Waals surface area contributed by atoms with E-state index in [1.54, 1.807) is 13.0 Å². The number of hydrogen-bond donors (Lipinski definition) is 2. The van der Waals surface area contributed by atoms with Gasteiger partial charge in [0.1, 0.15) is 0 Å². The van der Waals surface area contributed by atoms with Crippen LogP contribution in [-0.4, -0.2) is 45.1 Å². The Labute approximate surface area is 112 Å². The van der Waals surface area contributed by atoms with Crippen LogP contribution in [-0.2, 0) is 0 Å². The molecule has 1 saturated heterocycles. The van der Waals surface area contributed by atoms with Crippen molar-refractivity contribution in [1.82, 2.24) is 10.2 Å². The van der Waals surface area contributed by atoms with Crippen LogP contribution in [0, 0.1) is 0 Å². The van der Waals surface area contributed by atoms with Crippen molar-refractivity contribution in [2.45, 2.75) is 44.8 Å². The third kappa shape index (κ3) is 3.41. The van der Waals surface area contributed by atoms with Gasteiger partial charge in [0.05, 0.1) is 6.10 Å². The van der Waals surface area contributed by atoms with Gasteiger partial charge in [-0.3, -0.25) is 0 Å². The zero-order valence-corrected chi connectivity index (χ0v) is 11.0. The smallest absolute Gasteiger partial charge is 0.356 e. The summed E-state index contributed by atoms with van der Waals surface area (Å²) in [7, 11) is 0. The molecule has 0 saturated carbocycles. The molecule has 6 heteroatoms. The molecule has 1 aromatic heterocycles. The lowest BCUT2D eigenvalue weighted by atomic mass is 9.97. The molecule has 2 atom stereocenters. The van der Waals surface area contributed by atoms with Gasteiger partial charge in [-0.2, -0.15) is 0 Å². The standard InChI is InChI=1S/C13H19N3O3/c1-9(17)8-10-4-2-3-7-16(10)12-6-5-11(13(18)19)14-15-12/h5-6,9-10,17H,2-4,7-8H2,1H3,(H,18,19). The van der Waals surface area contributed by atoms with Gasteiger partial charge in [0, 0.05) is 12.6 Å². The van der Waals surface area contributed by atoms with E-state index >= 15 is 0 Å². The molecular formula is C13H19N3O3. The van der Waals surface area contributed by atoms with E-state index in [-0.39, 0.29) is 17.8 Å². The van der Waals surface area contributed by atoms with E-state index in [1.165, 1.54) is 6.07 Å². The predicted molar refractivity (Wildman–Crippen MR) is 70.3 cm³/mol. The number of rotatable bonds is 4. The maximum atomic E-state index is 10.7. The Kier molecular flexibility index (Phi) is 4.31. The summed E-state index contributed by atoms with van der Waals surface area (Å²) in [6, 6.07) is 3.41. The number of hydrogen-bond acceptors (Lipinski definition) is 5. The van der Waals surface area contributed by atoms with E-state index in [0.717, 1.165) is 25.8 Å². The Hall–Kier alpha value is -1.69. The summed E-state index contributed by atoms with van der Waals surface area (Å²) in [5.74, 6) is -0.381. The summed E-state index contributed by atoms with van der Waals surface area (Å²) in [6.07, 6.45) is 3.60.